The molecule has 0 bridgehead atoms. The third-order valence-corrected chi connectivity index (χ3v) is 6.86. The number of carbonyl (C=O) groups excluding carboxylic acids is 1. The van der Waals surface area contributed by atoms with E-state index >= 15 is 0 Å². The van der Waals surface area contributed by atoms with E-state index < -0.39 is 0 Å². The number of hydrogen-bond acceptors (Lipinski definition) is 5. The van der Waals surface area contributed by atoms with Gasteiger partial charge < -0.3 is 4.74 Å². The van der Waals surface area contributed by atoms with Gasteiger partial charge in [-0.2, -0.15) is 0 Å². The summed E-state index contributed by atoms with van der Waals surface area (Å²) in [5.74, 6) is 0.929. The Hall–Kier alpha value is -1.95. The van der Waals surface area contributed by atoms with Crippen molar-refractivity contribution in [2.24, 2.45) is 0 Å². The van der Waals surface area contributed by atoms with Crippen LogP contribution in [0.15, 0.2) is 47.2 Å². The van der Waals surface area contributed by atoms with Gasteiger partial charge in [-0.1, -0.05) is 6.07 Å². The number of benzene rings is 1. The number of rotatable bonds is 5. The Morgan fingerprint density at radius 2 is 2.12 bits per heavy atom. The summed E-state index contributed by atoms with van der Waals surface area (Å²) in [5.41, 5.74) is 3.23. The van der Waals surface area contributed by atoms with Crippen LogP contribution in [0.1, 0.15) is 44.2 Å². The number of thiophene rings is 2. The summed E-state index contributed by atoms with van der Waals surface area (Å²) in [6, 6.07) is 12.6. The monoisotopic (exact) mass is 383 g/mol. The van der Waals surface area contributed by atoms with Crippen LogP contribution >= 0.6 is 22.7 Å². The molecule has 3 heterocycles. The number of hydrogen-bond donors (Lipinski definition) is 0. The normalized spacial score (nSPS) is 17.1. The largest absolute Gasteiger partial charge is 0.496 e. The van der Waals surface area contributed by atoms with Crippen molar-refractivity contribution in [3.63, 3.8) is 0 Å². The fourth-order valence-corrected chi connectivity index (χ4v) is 5.44. The highest BCUT2D eigenvalue weighted by Crippen LogP contribution is 2.40. The molecule has 0 spiro atoms. The molecule has 3 nitrogen and oxygen atoms in total. The fourth-order valence-electron chi connectivity index (χ4n) is 3.66. The van der Waals surface area contributed by atoms with Crippen molar-refractivity contribution in [2.75, 3.05) is 13.7 Å². The van der Waals surface area contributed by atoms with E-state index in [4.69, 9.17) is 4.74 Å². The van der Waals surface area contributed by atoms with E-state index in [9.17, 15) is 4.79 Å². The van der Waals surface area contributed by atoms with Gasteiger partial charge in [0.05, 0.1) is 13.2 Å². The van der Waals surface area contributed by atoms with Crippen molar-refractivity contribution in [1.82, 2.24) is 4.90 Å². The predicted octanol–water partition coefficient (Wildman–Crippen LogP) is 5.17. The molecule has 134 valence electrons. The lowest BCUT2D eigenvalue weighted by Crippen LogP contribution is -2.34. The van der Waals surface area contributed by atoms with Crippen molar-refractivity contribution in [1.29, 1.82) is 0 Å². The van der Waals surface area contributed by atoms with Gasteiger partial charge in [0.1, 0.15) is 5.75 Å². The zero-order chi connectivity index (χ0) is 18.1. The van der Waals surface area contributed by atoms with E-state index in [1.165, 1.54) is 15.3 Å². The SMILES string of the molecule is COc1ccc(C(C)=O)cc1CN1CCc2sccc2[C@H]1c1cccs1. The van der Waals surface area contributed by atoms with Gasteiger partial charge in [-0.05, 0) is 60.0 Å². The van der Waals surface area contributed by atoms with Gasteiger partial charge in [-0.3, -0.25) is 9.69 Å². The summed E-state index contributed by atoms with van der Waals surface area (Å²) in [5, 5.41) is 4.34. The molecule has 5 heteroatoms. The lowest BCUT2D eigenvalue weighted by molar-refractivity contribution is 0.101. The molecule has 1 aliphatic heterocycles. The Bertz CT molecular complexity index is 914. The van der Waals surface area contributed by atoms with E-state index in [-0.39, 0.29) is 11.8 Å². The van der Waals surface area contributed by atoms with Gasteiger partial charge in [0, 0.05) is 34.0 Å². The number of nitrogens with zero attached hydrogens (tertiary/aromatic N) is 1. The maximum Gasteiger partial charge on any atom is 0.159 e. The summed E-state index contributed by atoms with van der Waals surface area (Å²) < 4.78 is 5.57. The zero-order valence-electron chi connectivity index (χ0n) is 14.9. The molecule has 0 aliphatic carbocycles. The second-order valence-electron chi connectivity index (χ2n) is 6.52. The van der Waals surface area contributed by atoms with E-state index in [2.05, 4.69) is 33.9 Å². The molecule has 0 saturated heterocycles. The molecule has 0 amide bonds. The maximum atomic E-state index is 11.8. The van der Waals surface area contributed by atoms with Gasteiger partial charge in [0.25, 0.3) is 0 Å². The first-order valence-electron chi connectivity index (χ1n) is 8.69. The summed E-state index contributed by atoms with van der Waals surface area (Å²) >= 11 is 3.66. The Morgan fingerprint density at radius 3 is 2.85 bits per heavy atom. The lowest BCUT2D eigenvalue weighted by Gasteiger charge is -2.35. The highest BCUT2D eigenvalue weighted by Gasteiger charge is 2.30. The second-order valence-corrected chi connectivity index (χ2v) is 8.50. The molecular formula is C21H21NO2S2. The minimum absolute atomic E-state index is 0.0856. The summed E-state index contributed by atoms with van der Waals surface area (Å²) in [7, 11) is 1.69. The molecule has 0 fully saturated rings. The van der Waals surface area contributed by atoms with E-state index in [0.717, 1.165) is 36.4 Å². The zero-order valence-corrected chi connectivity index (χ0v) is 16.5. The van der Waals surface area contributed by atoms with Crippen LogP contribution in [0, 0.1) is 0 Å². The molecule has 1 aliphatic rings. The third kappa shape index (κ3) is 3.22. The molecule has 4 rings (SSSR count). The number of fused-ring (bicyclic) bond motifs is 1. The van der Waals surface area contributed by atoms with Crippen LogP contribution in [0.5, 0.6) is 5.75 Å². The molecule has 1 atom stereocenters. The first-order chi connectivity index (χ1) is 12.7. The first kappa shape index (κ1) is 17.5. The van der Waals surface area contributed by atoms with Crippen molar-refractivity contribution >= 4 is 28.5 Å². The van der Waals surface area contributed by atoms with Crippen molar-refractivity contribution < 1.29 is 9.53 Å². The van der Waals surface area contributed by atoms with E-state index in [1.807, 2.05) is 29.5 Å². The van der Waals surface area contributed by atoms with Crippen LogP contribution in [0.3, 0.4) is 0 Å². The summed E-state index contributed by atoms with van der Waals surface area (Å²) in [6.07, 6.45) is 1.07. The van der Waals surface area contributed by atoms with Gasteiger partial charge >= 0.3 is 0 Å². The van der Waals surface area contributed by atoms with Gasteiger partial charge in [0.15, 0.2) is 5.78 Å². The molecular weight excluding hydrogens is 362 g/mol. The highest BCUT2D eigenvalue weighted by molar-refractivity contribution is 7.10. The van der Waals surface area contributed by atoms with Crippen LogP contribution in [-0.2, 0) is 13.0 Å². The average Bonchev–Trinajstić information content (AvgIpc) is 3.33. The Kier molecular flexibility index (Phi) is 4.94. The lowest BCUT2D eigenvalue weighted by atomic mass is 9.97. The first-order valence-corrected chi connectivity index (χ1v) is 10.4. The highest BCUT2D eigenvalue weighted by atomic mass is 32.1. The van der Waals surface area contributed by atoms with Crippen LogP contribution in [0.2, 0.25) is 0 Å². The van der Waals surface area contributed by atoms with Crippen LogP contribution in [-0.4, -0.2) is 24.3 Å². The van der Waals surface area contributed by atoms with Gasteiger partial charge in [-0.25, -0.2) is 0 Å². The molecule has 26 heavy (non-hydrogen) atoms. The summed E-state index contributed by atoms with van der Waals surface area (Å²) in [4.78, 5) is 17.2. The fraction of sp³-hybridized carbons (Fsp3) is 0.286. The molecule has 0 saturated carbocycles. The second kappa shape index (κ2) is 7.35. The molecule has 2 aromatic heterocycles. The van der Waals surface area contributed by atoms with Gasteiger partial charge in [-0.15, -0.1) is 22.7 Å². The standard InChI is InChI=1S/C21H21NO2S2/c1-14(23)15-5-6-18(24-2)16(12-15)13-22-9-7-19-17(8-11-26-19)21(22)20-4-3-10-25-20/h3-6,8,10-12,21H,7,9,13H2,1-2H3/t21-/m0/s1. The molecule has 0 N–H and O–H groups in total. The Morgan fingerprint density at radius 1 is 1.23 bits per heavy atom. The van der Waals surface area contributed by atoms with Crippen LogP contribution in [0.4, 0.5) is 0 Å². The average molecular weight is 384 g/mol. The topological polar surface area (TPSA) is 29.5 Å². The predicted molar refractivity (Wildman–Crippen MR) is 108 cm³/mol. The van der Waals surface area contributed by atoms with Crippen LogP contribution < -0.4 is 4.74 Å². The van der Waals surface area contributed by atoms with Crippen molar-refractivity contribution in [3.8, 4) is 5.75 Å². The number of carbonyl (C=O) groups is 1. The van der Waals surface area contributed by atoms with Crippen molar-refractivity contribution in [2.45, 2.75) is 25.9 Å². The number of methoxy groups -OCH3 is 1. The molecule has 0 radical (unpaired) electrons. The number of ketones is 1. The molecule has 0 unspecified atom stereocenters. The Labute approximate surface area is 161 Å². The van der Waals surface area contributed by atoms with Gasteiger partial charge in [0.2, 0.25) is 0 Å². The number of ether oxygens (including phenoxy) is 1. The quantitative estimate of drug-likeness (QED) is 0.569. The number of Topliss-reactive ketones (excluding diaryl/α,β-unsaturated/α-hetero) is 1. The minimum atomic E-state index is 0.0856. The van der Waals surface area contributed by atoms with E-state index in [0.29, 0.717) is 0 Å². The van der Waals surface area contributed by atoms with Crippen molar-refractivity contribution in [3.05, 3.63) is 73.6 Å². The Balaban J connectivity index is 1.71. The third-order valence-electron chi connectivity index (χ3n) is 4.94. The van der Waals surface area contributed by atoms with E-state index in [1.54, 1.807) is 25.4 Å². The minimum Gasteiger partial charge on any atom is -0.496 e. The maximum absolute atomic E-state index is 11.8. The van der Waals surface area contributed by atoms with Crippen LogP contribution in [0.25, 0.3) is 0 Å². The smallest absolute Gasteiger partial charge is 0.159 e. The molecule has 1 aromatic carbocycles. The molecule has 3 aromatic rings. The summed E-state index contributed by atoms with van der Waals surface area (Å²) in [6.45, 7) is 3.38.